The van der Waals surface area contributed by atoms with Crippen molar-refractivity contribution < 1.29 is 23.8 Å². The number of hydrogen-bond donors (Lipinski definition) is 3. The van der Waals surface area contributed by atoms with E-state index in [0.29, 0.717) is 12.8 Å². The number of pyridine rings is 1. The van der Waals surface area contributed by atoms with Gasteiger partial charge in [-0.05, 0) is 12.8 Å². The lowest BCUT2D eigenvalue weighted by atomic mass is 10.1. The van der Waals surface area contributed by atoms with E-state index in [1.165, 1.54) is 26.5 Å². The highest BCUT2D eigenvalue weighted by Gasteiger charge is 2.38. The maximum Gasteiger partial charge on any atom is 0.341 e. The minimum absolute atomic E-state index is 0.0319. The number of β-amino-alcohol motifs (C(OH)–C–C–N with tert-alkyl or cyclic N) is 1. The van der Waals surface area contributed by atoms with E-state index in [1.54, 1.807) is 0 Å². The minimum Gasteiger partial charge on any atom is -0.477 e. The summed E-state index contributed by atoms with van der Waals surface area (Å²) in [6.45, 7) is -0.0611. The molecule has 1 aliphatic heterocycles. The van der Waals surface area contributed by atoms with Gasteiger partial charge in [0.2, 0.25) is 5.43 Å². The van der Waals surface area contributed by atoms with Gasteiger partial charge in [0.15, 0.2) is 11.6 Å². The standard InChI is InChI=1S/C19H18F2N6O4/c20-13-15(22)12-16(26(8-1-2-8)5-9(18(12)29)19(30)31)14(21)17(13)25-6-10(11(28)7-25)27-4-3-23-24-27/h3-5,8,10-11,28H,1-2,6-7,22H2,(H,30,31)/t10-,11-/m1/s1. The molecule has 1 aromatic carbocycles. The fourth-order valence-electron chi connectivity index (χ4n) is 4.23. The molecule has 0 spiro atoms. The molecule has 0 amide bonds. The van der Waals surface area contributed by atoms with Gasteiger partial charge in [-0.25, -0.2) is 18.3 Å². The summed E-state index contributed by atoms with van der Waals surface area (Å²) in [7, 11) is 0. The van der Waals surface area contributed by atoms with E-state index in [-0.39, 0.29) is 24.6 Å². The van der Waals surface area contributed by atoms with E-state index in [2.05, 4.69) is 10.3 Å². The lowest BCUT2D eigenvalue weighted by Gasteiger charge is -2.23. The smallest absolute Gasteiger partial charge is 0.341 e. The molecule has 4 N–H and O–H groups in total. The van der Waals surface area contributed by atoms with Crippen molar-refractivity contribution in [2.45, 2.75) is 31.0 Å². The number of carboxylic acid groups (broad SMARTS) is 1. The number of anilines is 2. The van der Waals surface area contributed by atoms with Crippen LogP contribution in [0.3, 0.4) is 0 Å². The topological polar surface area (TPSA) is 140 Å². The summed E-state index contributed by atoms with van der Waals surface area (Å²) in [5.74, 6) is -3.68. The molecule has 162 valence electrons. The Hall–Kier alpha value is -3.54. The first-order valence-corrected chi connectivity index (χ1v) is 9.67. The van der Waals surface area contributed by atoms with Crippen LogP contribution in [-0.4, -0.2) is 54.9 Å². The Balaban J connectivity index is 1.72. The third-order valence-corrected chi connectivity index (χ3v) is 5.89. The molecular weight excluding hydrogens is 414 g/mol. The van der Waals surface area contributed by atoms with Crippen LogP contribution >= 0.6 is 0 Å². The van der Waals surface area contributed by atoms with E-state index >= 15 is 8.78 Å². The normalized spacial score (nSPS) is 21.2. The highest BCUT2D eigenvalue weighted by atomic mass is 19.1. The zero-order chi connectivity index (χ0) is 22.0. The van der Waals surface area contributed by atoms with Gasteiger partial charge in [0.05, 0.1) is 34.9 Å². The number of aromatic nitrogens is 4. The second-order valence-corrected chi connectivity index (χ2v) is 7.85. The van der Waals surface area contributed by atoms with Crippen molar-refractivity contribution in [1.29, 1.82) is 0 Å². The van der Waals surface area contributed by atoms with E-state index in [1.807, 2.05) is 0 Å². The van der Waals surface area contributed by atoms with Gasteiger partial charge in [-0.1, -0.05) is 5.21 Å². The number of nitrogen functional groups attached to an aromatic ring is 1. The SMILES string of the molecule is Nc1c(F)c(N2C[C@@H](O)[C@H](n3ccnn3)C2)c(F)c2c1c(=O)c(C(=O)O)cn2C1CC1. The molecule has 1 aliphatic carbocycles. The summed E-state index contributed by atoms with van der Waals surface area (Å²) in [5, 5.41) is 26.8. The van der Waals surface area contributed by atoms with Crippen molar-refractivity contribution in [3.63, 3.8) is 0 Å². The average molecular weight is 432 g/mol. The number of carbonyl (C=O) groups is 1. The van der Waals surface area contributed by atoms with Gasteiger partial charge < -0.3 is 25.4 Å². The van der Waals surface area contributed by atoms with Crippen molar-refractivity contribution in [3.8, 4) is 0 Å². The predicted octanol–water partition coefficient (Wildman–Crippen LogP) is 0.909. The molecule has 10 nitrogen and oxygen atoms in total. The van der Waals surface area contributed by atoms with E-state index < -0.39 is 57.5 Å². The molecule has 1 saturated carbocycles. The molecule has 0 radical (unpaired) electrons. The zero-order valence-electron chi connectivity index (χ0n) is 16.1. The maximum atomic E-state index is 15.8. The number of hydrogen-bond acceptors (Lipinski definition) is 7. The van der Waals surface area contributed by atoms with Crippen molar-refractivity contribution >= 4 is 28.2 Å². The Morgan fingerprint density at radius 3 is 2.58 bits per heavy atom. The fraction of sp³-hybridized carbons (Fsp3) is 0.368. The van der Waals surface area contributed by atoms with Crippen LogP contribution in [0, 0.1) is 11.6 Å². The average Bonchev–Trinajstić information content (AvgIpc) is 3.28. The van der Waals surface area contributed by atoms with Gasteiger partial charge in [0.1, 0.15) is 11.3 Å². The molecule has 2 fully saturated rings. The lowest BCUT2D eigenvalue weighted by Crippen LogP contribution is -2.26. The molecule has 2 atom stereocenters. The second-order valence-electron chi connectivity index (χ2n) is 7.85. The van der Waals surface area contributed by atoms with Crippen LogP contribution in [0.15, 0.2) is 23.4 Å². The van der Waals surface area contributed by atoms with Crippen LogP contribution in [0.4, 0.5) is 20.2 Å². The van der Waals surface area contributed by atoms with E-state index in [0.717, 1.165) is 6.20 Å². The van der Waals surface area contributed by atoms with Crippen LogP contribution < -0.4 is 16.1 Å². The zero-order valence-corrected chi connectivity index (χ0v) is 16.1. The van der Waals surface area contributed by atoms with Crippen LogP contribution in [0.2, 0.25) is 0 Å². The Morgan fingerprint density at radius 1 is 1.23 bits per heavy atom. The second kappa shape index (κ2) is 6.74. The third-order valence-electron chi connectivity index (χ3n) is 5.89. The van der Waals surface area contributed by atoms with Crippen molar-refractivity contribution in [2.24, 2.45) is 0 Å². The summed E-state index contributed by atoms with van der Waals surface area (Å²) < 4.78 is 33.8. The summed E-state index contributed by atoms with van der Waals surface area (Å²) in [6.07, 6.45) is 4.42. The van der Waals surface area contributed by atoms with Crippen LogP contribution in [-0.2, 0) is 0 Å². The number of benzene rings is 1. The van der Waals surface area contributed by atoms with Gasteiger partial charge in [-0.3, -0.25) is 4.79 Å². The summed E-state index contributed by atoms with van der Waals surface area (Å²) in [6, 6.07) is -0.793. The largest absolute Gasteiger partial charge is 0.477 e. The minimum atomic E-state index is -1.50. The Labute approximate surface area is 173 Å². The predicted molar refractivity (Wildman–Crippen MR) is 105 cm³/mol. The Bertz CT molecular complexity index is 1270. The first-order chi connectivity index (χ1) is 14.8. The van der Waals surface area contributed by atoms with Gasteiger partial charge in [-0.2, -0.15) is 0 Å². The molecule has 5 rings (SSSR count). The van der Waals surface area contributed by atoms with Crippen molar-refractivity contribution in [3.05, 3.63) is 46.0 Å². The van der Waals surface area contributed by atoms with Crippen LogP contribution in [0.25, 0.3) is 10.9 Å². The first-order valence-electron chi connectivity index (χ1n) is 9.67. The monoisotopic (exact) mass is 432 g/mol. The molecular formula is C19H18F2N6O4. The number of aliphatic hydroxyl groups excluding tert-OH is 1. The highest BCUT2D eigenvalue weighted by molar-refractivity contribution is 5.99. The lowest BCUT2D eigenvalue weighted by molar-refractivity contribution is 0.0694. The van der Waals surface area contributed by atoms with Crippen molar-refractivity contribution in [1.82, 2.24) is 19.6 Å². The van der Waals surface area contributed by atoms with Gasteiger partial charge >= 0.3 is 5.97 Å². The molecule has 3 aromatic rings. The molecule has 12 heteroatoms. The molecule has 0 unspecified atom stereocenters. The number of aliphatic hydroxyl groups is 1. The summed E-state index contributed by atoms with van der Waals surface area (Å²) in [5.41, 5.74) is 2.96. The van der Waals surface area contributed by atoms with Gasteiger partial charge in [0, 0.05) is 31.5 Å². The number of aromatic carboxylic acids is 1. The molecule has 3 heterocycles. The quantitative estimate of drug-likeness (QED) is 0.517. The van der Waals surface area contributed by atoms with E-state index in [4.69, 9.17) is 5.73 Å². The summed E-state index contributed by atoms with van der Waals surface area (Å²) in [4.78, 5) is 25.5. The maximum absolute atomic E-state index is 15.8. The number of nitrogens with two attached hydrogens (primary N) is 1. The van der Waals surface area contributed by atoms with Gasteiger partial charge in [-0.15, -0.1) is 5.10 Å². The number of fused-ring (bicyclic) bond motifs is 1. The number of nitrogens with zero attached hydrogens (tertiary/aromatic N) is 5. The van der Waals surface area contributed by atoms with E-state index in [9.17, 15) is 19.8 Å². The molecule has 0 bridgehead atoms. The number of carboxylic acids is 1. The highest BCUT2D eigenvalue weighted by Crippen LogP contribution is 2.42. The molecule has 31 heavy (non-hydrogen) atoms. The van der Waals surface area contributed by atoms with Crippen LogP contribution in [0.1, 0.15) is 35.3 Å². The fourth-order valence-corrected chi connectivity index (χ4v) is 4.23. The molecule has 2 aliphatic rings. The van der Waals surface area contributed by atoms with Crippen LogP contribution in [0.5, 0.6) is 0 Å². The Kier molecular flexibility index (Phi) is 4.22. The molecule has 2 aromatic heterocycles. The third kappa shape index (κ3) is 2.86. The number of halogens is 2. The molecule has 1 saturated heterocycles. The number of rotatable bonds is 4. The first kappa shape index (κ1) is 19.4. The summed E-state index contributed by atoms with van der Waals surface area (Å²) >= 11 is 0. The van der Waals surface area contributed by atoms with Crippen molar-refractivity contribution in [2.75, 3.05) is 23.7 Å². The Morgan fingerprint density at radius 2 is 1.97 bits per heavy atom. The van der Waals surface area contributed by atoms with Gasteiger partial charge in [0.25, 0.3) is 0 Å².